The number of nitrogens with zero attached hydrogens (tertiary/aromatic N) is 3. The third-order valence-corrected chi connectivity index (χ3v) is 2.60. The third-order valence-electron chi connectivity index (χ3n) is 1.55. The maximum Gasteiger partial charge on any atom is 0.195 e. The molecule has 0 bridgehead atoms. The zero-order valence-electron chi connectivity index (χ0n) is 7.59. The predicted octanol–water partition coefficient (Wildman–Crippen LogP) is 2.26. The summed E-state index contributed by atoms with van der Waals surface area (Å²) in [7, 11) is 0. The Morgan fingerprint density at radius 3 is 2.73 bits per heavy atom. The zero-order chi connectivity index (χ0) is 10.7. The highest BCUT2D eigenvalue weighted by molar-refractivity contribution is 7.99. The van der Waals surface area contributed by atoms with Crippen LogP contribution in [0.4, 0.5) is 5.82 Å². The second-order valence-corrected chi connectivity index (χ2v) is 4.10. The van der Waals surface area contributed by atoms with Gasteiger partial charge in [0.2, 0.25) is 0 Å². The molecule has 2 aromatic rings. The van der Waals surface area contributed by atoms with Gasteiger partial charge in [0.05, 0.1) is 5.02 Å². The average Bonchev–Trinajstić information content (AvgIpc) is 2.22. The van der Waals surface area contributed by atoms with Crippen molar-refractivity contribution < 1.29 is 0 Å². The molecule has 0 fully saturated rings. The Labute approximate surface area is 95.9 Å². The number of nitrogen functional groups attached to an aromatic ring is 1. The Kier molecular flexibility index (Phi) is 3.03. The summed E-state index contributed by atoms with van der Waals surface area (Å²) in [5, 5.41) is 1.96. The summed E-state index contributed by atoms with van der Waals surface area (Å²) >= 11 is 7.06. The van der Waals surface area contributed by atoms with E-state index in [9.17, 15) is 0 Å². The van der Waals surface area contributed by atoms with Crippen molar-refractivity contribution in [2.24, 2.45) is 0 Å². The van der Waals surface area contributed by atoms with Gasteiger partial charge in [0.15, 0.2) is 5.16 Å². The number of pyridine rings is 1. The Bertz CT molecular complexity index is 460. The van der Waals surface area contributed by atoms with Gasteiger partial charge in [0.25, 0.3) is 0 Å². The summed E-state index contributed by atoms with van der Waals surface area (Å²) in [6.07, 6.45) is 3.19. The summed E-state index contributed by atoms with van der Waals surface area (Å²) in [5.74, 6) is 0.446. The fourth-order valence-corrected chi connectivity index (χ4v) is 1.72. The molecule has 0 aliphatic heterocycles. The zero-order valence-corrected chi connectivity index (χ0v) is 9.16. The molecule has 0 saturated carbocycles. The standard InChI is InChI=1S/C9H7ClN4S/c10-6-1-2-8(13-5-6)15-9-12-4-3-7(11)14-9/h1-5H,(H2,11,12,14). The van der Waals surface area contributed by atoms with Crippen molar-refractivity contribution in [2.75, 3.05) is 5.73 Å². The Morgan fingerprint density at radius 1 is 1.20 bits per heavy atom. The number of hydrogen-bond acceptors (Lipinski definition) is 5. The molecule has 0 aromatic carbocycles. The second-order valence-electron chi connectivity index (χ2n) is 2.68. The number of nitrogens with two attached hydrogens (primary N) is 1. The van der Waals surface area contributed by atoms with Gasteiger partial charge in [-0.15, -0.1) is 0 Å². The van der Waals surface area contributed by atoms with Crippen LogP contribution in [0.25, 0.3) is 0 Å². The van der Waals surface area contributed by atoms with E-state index >= 15 is 0 Å². The lowest BCUT2D eigenvalue weighted by atomic mass is 10.5. The van der Waals surface area contributed by atoms with Gasteiger partial charge in [-0.2, -0.15) is 0 Å². The largest absolute Gasteiger partial charge is 0.384 e. The topological polar surface area (TPSA) is 64.7 Å². The molecule has 4 nitrogen and oxygen atoms in total. The van der Waals surface area contributed by atoms with E-state index in [0.717, 1.165) is 5.03 Å². The molecular weight excluding hydrogens is 232 g/mol. The molecule has 2 aromatic heterocycles. The lowest BCUT2D eigenvalue weighted by Crippen LogP contribution is -1.93. The maximum absolute atomic E-state index is 5.72. The number of anilines is 1. The third kappa shape index (κ3) is 2.81. The van der Waals surface area contributed by atoms with E-state index < -0.39 is 0 Å². The van der Waals surface area contributed by atoms with Crippen LogP contribution in [0, 0.1) is 0 Å². The van der Waals surface area contributed by atoms with E-state index in [1.165, 1.54) is 11.8 Å². The van der Waals surface area contributed by atoms with Crippen LogP contribution < -0.4 is 5.73 Å². The molecule has 0 radical (unpaired) electrons. The molecule has 2 heterocycles. The van der Waals surface area contributed by atoms with Crippen molar-refractivity contribution >= 4 is 29.2 Å². The minimum Gasteiger partial charge on any atom is -0.384 e. The lowest BCUT2D eigenvalue weighted by molar-refractivity contribution is 0.968. The van der Waals surface area contributed by atoms with Gasteiger partial charge in [0, 0.05) is 12.4 Å². The first-order chi connectivity index (χ1) is 7.24. The fraction of sp³-hybridized carbons (Fsp3) is 0. The summed E-state index contributed by atoms with van der Waals surface area (Å²) in [5.41, 5.74) is 5.53. The van der Waals surface area contributed by atoms with Gasteiger partial charge in [-0.3, -0.25) is 0 Å². The monoisotopic (exact) mass is 238 g/mol. The highest BCUT2D eigenvalue weighted by Crippen LogP contribution is 2.23. The highest BCUT2D eigenvalue weighted by atomic mass is 35.5. The summed E-state index contributed by atoms with van der Waals surface area (Å²) in [4.78, 5) is 12.2. The van der Waals surface area contributed by atoms with Crippen LogP contribution >= 0.6 is 23.4 Å². The molecule has 0 atom stereocenters. The first-order valence-electron chi connectivity index (χ1n) is 4.12. The molecule has 0 aliphatic carbocycles. The smallest absolute Gasteiger partial charge is 0.195 e. The van der Waals surface area contributed by atoms with Gasteiger partial charge in [-0.05, 0) is 30.0 Å². The molecule has 0 amide bonds. The van der Waals surface area contributed by atoms with Crippen LogP contribution in [0.1, 0.15) is 0 Å². The van der Waals surface area contributed by atoms with Crippen LogP contribution in [0.5, 0.6) is 0 Å². The quantitative estimate of drug-likeness (QED) is 0.813. The Balaban J connectivity index is 2.18. The van der Waals surface area contributed by atoms with Crippen LogP contribution in [0.3, 0.4) is 0 Å². The SMILES string of the molecule is Nc1ccnc(Sc2ccc(Cl)cn2)n1. The Morgan fingerprint density at radius 2 is 2.07 bits per heavy atom. The second kappa shape index (κ2) is 4.46. The van der Waals surface area contributed by atoms with E-state index in [1.54, 1.807) is 30.6 Å². The molecule has 0 saturated heterocycles. The molecule has 6 heteroatoms. The van der Waals surface area contributed by atoms with Crippen LogP contribution in [-0.4, -0.2) is 15.0 Å². The van der Waals surface area contributed by atoms with E-state index in [4.69, 9.17) is 17.3 Å². The minimum atomic E-state index is 0.446. The maximum atomic E-state index is 5.72. The first-order valence-corrected chi connectivity index (χ1v) is 5.31. The van der Waals surface area contributed by atoms with Crippen LogP contribution in [-0.2, 0) is 0 Å². The van der Waals surface area contributed by atoms with E-state index in [0.29, 0.717) is 16.0 Å². The molecule has 2 N–H and O–H groups in total. The van der Waals surface area contributed by atoms with Crippen LogP contribution in [0.2, 0.25) is 5.02 Å². The normalized spacial score (nSPS) is 10.2. The summed E-state index contributed by atoms with van der Waals surface area (Å²) < 4.78 is 0. The molecule has 76 valence electrons. The first kappa shape index (κ1) is 10.2. The Hall–Kier alpha value is -1.33. The molecule has 0 spiro atoms. The fourth-order valence-electron chi connectivity index (χ4n) is 0.919. The van der Waals surface area contributed by atoms with Crippen molar-refractivity contribution in [2.45, 2.75) is 10.2 Å². The average molecular weight is 239 g/mol. The highest BCUT2D eigenvalue weighted by Gasteiger charge is 2.01. The number of rotatable bonds is 2. The van der Waals surface area contributed by atoms with E-state index in [2.05, 4.69) is 15.0 Å². The van der Waals surface area contributed by atoms with Crippen molar-refractivity contribution in [1.82, 2.24) is 15.0 Å². The van der Waals surface area contributed by atoms with Crippen LogP contribution in [0.15, 0.2) is 40.8 Å². The van der Waals surface area contributed by atoms with Gasteiger partial charge < -0.3 is 5.73 Å². The van der Waals surface area contributed by atoms with Gasteiger partial charge in [0.1, 0.15) is 10.8 Å². The molecule has 2 rings (SSSR count). The van der Waals surface area contributed by atoms with Gasteiger partial charge in [-0.25, -0.2) is 15.0 Å². The molecular formula is C9H7ClN4S. The number of hydrogen-bond donors (Lipinski definition) is 1. The van der Waals surface area contributed by atoms with Crippen molar-refractivity contribution in [3.05, 3.63) is 35.6 Å². The van der Waals surface area contributed by atoms with Crippen molar-refractivity contribution in [1.29, 1.82) is 0 Å². The molecule has 15 heavy (non-hydrogen) atoms. The predicted molar refractivity (Wildman–Crippen MR) is 59.8 cm³/mol. The number of halogens is 1. The molecule has 0 unspecified atom stereocenters. The van der Waals surface area contributed by atoms with Crippen molar-refractivity contribution in [3.63, 3.8) is 0 Å². The minimum absolute atomic E-state index is 0.446. The van der Waals surface area contributed by atoms with E-state index in [1.807, 2.05) is 0 Å². The van der Waals surface area contributed by atoms with Crippen molar-refractivity contribution in [3.8, 4) is 0 Å². The van der Waals surface area contributed by atoms with E-state index in [-0.39, 0.29) is 0 Å². The summed E-state index contributed by atoms with van der Waals surface area (Å²) in [6.45, 7) is 0. The number of aromatic nitrogens is 3. The lowest BCUT2D eigenvalue weighted by Gasteiger charge is -1.99. The van der Waals surface area contributed by atoms with Gasteiger partial charge in [-0.1, -0.05) is 11.6 Å². The van der Waals surface area contributed by atoms with Gasteiger partial charge >= 0.3 is 0 Å². The molecule has 0 aliphatic rings. The summed E-state index contributed by atoms with van der Waals surface area (Å²) in [6, 6.07) is 5.21.